The summed E-state index contributed by atoms with van der Waals surface area (Å²) in [4.78, 5) is 11.2. The van der Waals surface area contributed by atoms with E-state index in [9.17, 15) is 0 Å². The van der Waals surface area contributed by atoms with E-state index in [0.29, 0.717) is 48.8 Å². The summed E-state index contributed by atoms with van der Waals surface area (Å²) in [6.45, 7) is 2.03. The van der Waals surface area contributed by atoms with Crippen LogP contribution in [0.3, 0.4) is 0 Å². The topological polar surface area (TPSA) is 103 Å². The van der Waals surface area contributed by atoms with Crippen LogP contribution >= 0.6 is 0 Å². The highest BCUT2D eigenvalue weighted by Gasteiger charge is 2.30. The summed E-state index contributed by atoms with van der Waals surface area (Å²) < 4.78 is 21.3. The Hall–Kier alpha value is -2.52. The maximum absolute atomic E-state index is 5.49. The zero-order chi connectivity index (χ0) is 17.8. The Morgan fingerprint density at radius 2 is 2.19 bits per heavy atom. The van der Waals surface area contributed by atoms with Gasteiger partial charge in [0.2, 0.25) is 17.6 Å². The van der Waals surface area contributed by atoms with E-state index in [1.807, 2.05) is 0 Å². The number of nitrogens with zero attached hydrogens (tertiary/aromatic N) is 5. The summed E-state index contributed by atoms with van der Waals surface area (Å²) in [6.07, 6.45) is 5.43. The number of methoxy groups -OCH3 is 1. The van der Waals surface area contributed by atoms with Crippen molar-refractivity contribution in [1.29, 1.82) is 0 Å². The maximum atomic E-state index is 5.49. The van der Waals surface area contributed by atoms with E-state index in [2.05, 4.69) is 25.2 Å². The lowest BCUT2D eigenvalue weighted by Gasteiger charge is -2.31. The summed E-state index contributed by atoms with van der Waals surface area (Å²) in [5, 5.41) is 8.04. The van der Waals surface area contributed by atoms with Crippen molar-refractivity contribution < 1.29 is 18.2 Å². The molecule has 0 unspecified atom stereocenters. The van der Waals surface area contributed by atoms with Crippen LogP contribution in [-0.4, -0.2) is 45.4 Å². The summed E-state index contributed by atoms with van der Waals surface area (Å²) in [5.41, 5.74) is 0. The van der Waals surface area contributed by atoms with Gasteiger partial charge >= 0.3 is 0 Å². The largest absolute Gasteiger partial charge is 0.461 e. The first-order valence-electron chi connectivity index (χ1n) is 8.75. The second-order valence-electron chi connectivity index (χ2n) is 6.26. The highest BCUT2D eigenvalue weighted by Crippen LogP contribution is 2.31. The first kappa shape index (κ1) is 16.9. The molecule has 4 heterocycles. The molecule has 0 saturated carbocycles. The lowest BCUT2D eigenvalue weighted by molar-refractivity contribution is 0.0985. The Bertz CT molecular complexity index is 813. The van der Waals surface area contributed by atoms with Gasteiger partial charge in [0.15, 0.2) is 11.6 Å². The molecule has 1 saturated heterocycles. The third-order valence-electron chi connectivity index (χ3n) is 4.46. The molecule has 0 aromatic carbocycles. The molecule has 26 heavy (non-hydrogen) atoms. The van der Waals surface area contributed by atoms with E-state index in [4.69, 9.17) is 18.2 Å². The van der Waals surface area contributed by atoms with Crippen LogP contribution < -0.4 is 0 Å². The minimum Gasteiger partial charge on any atom is -0.461 e. The SMILES string of the molecule is COCCc1noc([C@H]2CCCCN2Cc2nc(-c3ccco3)no2)n1. The molecule has 0 spiro atoms. The third kappa shape index (κ3) is 3.68. The summed E-state index contributed by atoms with van der Waals surface area (Å²) in [5.74, 6) is 2.90. The van der Waals surface area contributed by atoms with Crippen molar-refractivity contribution >= 4 is 0 Å². The number of likely N-dealkylation sites (tertiary alicyclic amines) is 1. The van der Waals surface area contributed by atoms with Gasteiger partial charge in [-0.05, 0) is 31.5 Å². The van der Waals surface area contributed by atoms with E-state index in [0.717, 1.165) is 25.8 Å². The molecular formula is C17H21N5O4. The van der Waals surface area contributed by atoms with Crippen LogP contribution in [0.15, 0.2) is 31.9 Å². The fourth-order valence-electron chi connectivity index (χ4n) is 3.16. The second kappa shape index (κ2) is 7.79. The molecule has 0 amide bonds. The molecule has 9 nitrogen and oxygen atoms in total. The van der Waals surface area contributed by atoms with Gasteiger partial charge in [0.05, 0.1) is 25.5 Å². The van der Waals surface area contributed by atoms with E-state index < -0.39 is 0 Å². The van der Waals surface area contributed by atoms with Crippen LogP contribution in [0.4, 0.5) is 0 Å². The van der Waals surface area contributed by atoms with Crippen molar-refractivity contribution in [2.24, 2.45) is 0 Å². The van der Waals surface area contributed by atoms with E-state index in [1.54, 1.807) is 25.5 Å². The van der Waals surface area contributed by atoms with Gasteiger partial charge in [-0.3, -0.25) is 4.90 Å². The second-order valence-corrected chi connectivity index (χ2v) is 6.26. The highest BCUT2D eigenvalue weighted by molar-refractivity contribution is 5.44. The van der Waals surface area contributed by atoms with Gasteiger partial charge in [0, 0.05) is 13.5 Å². The molecule has 0 bridgehead atoms. The molecule has 0 N–H and O–H groups in total. The fraction of sp³-hybridized carbons (Fsp3) is 0.529. The molecule has 1 atom stereocenters. The molecular weight excluding hydrogens is 338 g/mol. The Balaban J connectivity index is 1.46. The zero-order valence-corrected chi connectivity index (χ0v) is 14.6. The van der Waals surface area contributed by atoms with Gasteiger partial charge in [-0.1, -0.05) is 16.7 Å². The van der Waals surface area contributed by atoms with Crippen LogP contribution in [0, 0.1) is 0 Å². The number of furan rings is 1. The van der Waals surface area contributed by atoms with Crippen LogP contribution in [0.1, 0.15) is 42.9 Å². The first-order valence-corrected chi connectivity index (χ1v) is 8.75. The number of aromatic nitrogens is 4. The molecule has 3 aromatic heterocycles. The molecule has 4 rings (SSSR count). The Morgan fingerprint density at radius 3 is 3.04 bits per heavy atom. The average molecular weight is 359 g/mol. The molecule has 9 heteroatoms. The smallest absolute Gasteiger partial charge is 0.244 e. The maximum Gasteiger partial charge on any atom is 0.244 e. The quantitative estimate of drug-likeness (QED) is 0.629. The predicted molar refractivity (Wildman–Crippen MR) is 88.9 cm³/mol. The minimum absolute atomic E-state index is 0.0616. The third-order valence-corrected chi connectivity index (χ3v) is 4.46. The van der Waals surface area contributed by atoms with E-state index in [1.165, 1.54) is 0 Å². The molecule has 3 aromatic rings. The standard InChI is InChI=1S/C17H21N5O4/c1-23-10-7-14-18-17(26-20-14)12-5-2-3-8-22(12)11-15-19-16(21-25-15)13-6-4-9-24-13/h4,6,9,12H,2-3,5,7-8,10-11H2,1H3/t12-/m1/s1. The summed E-state index contributed by atoms with van der Waals surface area (Å²) in [6, 6.07) is 3.66. The van der Waals surface area contributed by atoms with Crippen molar-refractivity contribution in [2.75, 3.05) is 20.3 Å². The molecule has 1 fully saturated rings. The number of rotatable bonds is 7. The Morgan fingerprint density at radius 1 is 1.23 bits per heavy atom. The molecule has 0 radical (unpaired) electrons. The number of ether oxygens (including phenoxy) is 1. The average Bonchev–Trinajstić information content (AvgIpc) is 3.41. The lowest BCUT2D eigenvalue weighted by Crippen LogP contribution is -2.33. The monoisotopic (exact) mass is 359 g/mol. The van der Waals surface area contributed by atoms with Gasteiger partial charge in [-0.15, -0.1) is 0 Å². The van der Waals surface area contributed by atoms with Crippen molar-refractivity contribution in [3.05, 3.63) is 36.0 Å². The van der Waals surface area contributed by atoms with Crippen molar-refractivity contribution in [3.63, 3.8) is 0 Å². The van der Waals surface area contributed by atoms with Crippen LogP contribution in [0.5, 0.6) is 0 Å². The normalized spacial score (nSPS) is 18.4. The summed E-state index contributed by atoms with van der Waals surface area (Å²) in [7, 11) is 1.66. The molecule has 1 aliphatic heterocycles. The number of piperidine rings is 1. The van der Waals surface area contributed by atoms with Crippen LogP contribution in [0.25, 0.3) is 11.6 Å². The Labute approximate surface area is 150 Å². The highest BCUT2D eigenvalue weighted by atomic mass is 16.5. The lowest BCUT2D eigenvalue weighted by atomic mass is 10.0. The van der Waals surface area contributed by atoms with Crippen molar-refractivity contribution in [3.8, 4) is 11.6 Å². The Kier molecular flexibility index (Phi) is 5.07. The van der Waals surface area contributed by atoms with Crippen LogP contribution in [0.2, 0.25) is 0 Å². The van der Waals surface area contributed by atoms with E-state index in [-0.39, 0.29) is 6.04 Å². The van der Waals surface area contributed by atoms with Gasteiger partial charge in [0.25, 0.3) is 0 Å². The van der Waals surface area contributed by atoms with Gasteiger partial charge in [0.1, 0.15) is 0 Å². The number of hydrogen-bond acceptors (Lipinski definition) is 9. The van der Waals surface area contributed by atoms with Crippen molar-refractivity contribution in [2.45, 2.75) is 38.3 Å². The molecule has 0 aliphatic carbocycles. The van der Waals surface area contributed by atoms with Gasteiger partial charge < -0.3 is 18.2 Å². The summed E-state index contributed by atoms with van der Waals surface area (Å²) >= 11 is 0. The fourth-order valence-corrected chi connectivity index (χ4v) is 3.16. The van der Waals surface area contributed by atoms with Gasteiger partial charge in [-0.2, -0.15) is 9.97 Å². The zero-order valence-electron chi connectivity index (χ0n) is 14.6. The van der Waals surface area contributed by atoms with Crippen LogP contribution in [-0.2, 0) is 17.7 Å². The molecule has 138 valence electrons. The van der Waals surface area contributed by atoms with E-state index >= 15 is 0 Å². The first-order chi connectivity index (χ1) is 12.8. The predicted octanol–water partition coefficient (Wildman–Crippen LogP) is 2.63. The number of hydrogen-bond donors (Lipinski definition) is 0. The molecule has 1 aliphatic rings. The minimum atomic E-state index is 0.0616. The van der Waals surface area contributed by atoms with Gasteiger partial charge in [-0.25, -0.2) is 0 Å². The van der Waals surface area contributed by atoms with Crippen molar-refractivity contribution in [1.82, 2.24) is 25.2 Å².